The molecule has 0 atom stereocenters. The summed E-state index contributed by atoms with van der Waals surface area (Å²) in [6, 6.07) is 25.9. The Morgan fingerprint density at radius 3 is 1.38 bits per heavy atom. The van der Waals surface area contributed by atoms with Crippen LogP contribution in [-0.4, -0.2) is 37.4 Å². The van der Waals surface area contributed by atoms with Crippen molar-refractivity contribution in [1.82, 2.24) is 0 Å². The first-order valence-electron chi connectivity index (χ1n) is 9.19. The number of aliphatic hydroxyl groups excluding tert-OH is 2. The number of benzene rings is 3. The average molecular weight is 396 g/mol. The Morgan fingerprint density at radius 1 is 0.552 bits per heavy atom. The number of rotatable bonds is 11. The third-order valence-electron chi connectivity index (χ3n) is 4.36. The smallest absolute Gasteiger partial charge is 0.191 e. The fourth-order valence-electron chi connectivity index (χ4n) is 3.03. The van der Waals surface area contributed by atoms with Gasteiger partial charge in [0.25, 0.3) is 0 Å². The second-order valence-corrected chi connectivity index (χ2v) is 6.17. The first-order valence-corrected chi connectivity index (χ1v) is 9.19. The van der Waals surface area contributed by atoms with Crippen molar-refractivity contribution in [2.24, 2.45) is 0 Å². The van der Waals surface area contributed by atoms with Crippen LogP contribution in [0.15, 0.2) is 78.9 Å². The summed E-state index contributed by atoms with van der Waals surface area (Å²) in [6.45, 7) is -0.751. The third-order valence-corrected chi connectivity index (χ3v) is 4.36. The molecule has 0 aliphatic heterocycles. The van der Waals surface area contributed by atoms with Crippen LogP contribution >= 0.6 is 0 Å². The van der Waals surface area contributed by atoms with Crippen LogP contribution in [0.1, 0.15) is 22.6 Å². The minimum absolute atomic E-state index is 0.000577. The Kier molecular flexibility index (Phi) is 8.03. The molecule has 0 radical (unpaired) electrons. The Labute approximate surface area is 169 Å². The Hall–Kier alpha value is -2.90. The van der Waals surface area contributed by atoms with E-state index in [0.29, 0.717) is 11.5 Å². The van der Waals surface area contributed by atoms with Crippen molar-refractivity contribution in [1.29, 1.82) is 0 Å². The van der Waals surface area contributed by atoms with Crippen molar-refractivity contribution in [2.45, 2.75) is 5.92 Å². The normalized spacial score (nSPS) is 10.9. The van der Waals surface area contributed by atoms with E-state index in [1.165, 1.54) is 5.56 Å². The van der Waals surface area contributed by atoms with E-state index in [1.54, 1.807) is 0 Å². The van der Waals surface area contributed by atoms with Gasteiger partial charge in [0.15, 0.2) is 13.6 Å². The molecule has 152 valence electrons. The maximum Gasteiger partial charge on any atom is 0.191 e. The summed E-state index contributed by atoms with van der Waals surface area (Å²) in [4.78, 5) is 0. The summed E-state index contributed by atoms with van der Waals surface area (Å²) in [5, 5.41) is 17.3. The van der Waals surface area contributed by atoms with E-state index in [0.717, 1.165) is 11.1 Å². The SMILES string of the molecule is OCOCOc1ccc(C(c2ccccc2)c2ccc(OCOCO)cc2)cc1. The van der Waals surface area contributed by atoms with Gasteiger partial charge < -0.3 is 29.2 Å². The predicted octanol–water partition coefficient (Wildman–Crippen LogP) is 3.47. The molecule has 0 saturated carbocycles. The van der Waals surface area contributed by atoms with Crippen molar-refractivity contribution in [3.8, 4) is 11.5 Å². The fourth-order valence-corrected chi connectivity index (χ4v) is 3.03. The minimum atomic E-state index is -0.375. The van der Waals surface area contributed by atoms with Gasteiger partial charge in [-0.15, -0.1) is 0 Å². The molecule has 0 bridgehead atoms. The average Bonchev–Trinajstić information content (AvgIpc) is 2.77. The van der Waals surface area contributed by atoms with Crippen molar-refractivity contribution >= 4 is 0 Å². The van der Waals surface area contributed by atoms with Crippen molar-refractivity contribution in [2.75, 3.05) is 27.2 Å². The van der Waals surface area contributed by atoms with E-state index in [-0.39, 0.29) is 33.1 Å². The zero-order valence-electron chi connectivity index (χ0n) is 15.9. The predicted molar refractivity (Wildman–Crippen MR) is 108 cm³/mol. The molecule has 2 N–H and O–H groups in total. The summed E-state index contributed by atoms with van der Waals surface area (Å²) in [6.07, 6.45) is 0. The quantitative estimate of drug-likeness (QED) is 0.294. The first-order chi connectivity index (χ1) is 14.3. The molecule has 0 aromatic heterocycles. The summed E-state index contributed by atoms with van der Waals surface area (Å²) in [7, 11) is 0. The van der Waals surface area contributed by atoms with Gasteiger partial charge in [-0.1, -0.05) is 54.6 Å². The lowest BCUT2D eigenvalue weighted by molar-refractivity contribution is -0.0657. The third kappa shape index (κ3) is 6.04. The molecule has 3 aromatic rings. The zero-order chi connectivity index (χ0) is 20.3. The highest BCUT2D eigenvalue weighted by molar-refractivity contribution is 5.45. The van der Waals surface area contributed by atoms with Crippen LogP contribution in [0.25, 0.3) is 0 Å². The molecule has 0 aliphatic rings. The summed E-state index contributed by atoms with van der Waals surface area (Å²) in [5.74, 6) is 1.38. The maximum atomic E-state index is 8.66. The molecular formula is C23H24O6. The molecule has 0 heterocycles. The lowest BCUT2D eigenvalue weighted by Gasteiger charge is -2.20. The standard InChI is InChI=1S/C23H24O6/c24-14-26-16-28-21-10-6-19(7-11-21)23(18-4-2-1-3-5-18)20-8-12-22(13-9-20)29-17-27-15-25/h1-13,23-25H,14-17H2. The van der Waals surface area contributed by atoms with Crippen molar-refractivity contribution in [3.05, 3.63) is 95.6 Å². The monoisotopic (exact) mass is 396 g/mol. The van der Waals surface area contributed by atoms with Gasteiger partial charge in [0.1, 0.15) is 25.1 Å². The van der Waals surface area contributed by atoms with E-state index in [9.17, 15) is 0 Å². The van der Waals surface area contributed by atoms with Gasteiger partial charge in [0.05, 0.1) is 0 Å². The molecule has 0 amide bonds. The van der Waals surface area contributed by atoms with Crippen LogP contribution in [0.3, 0.4) is 0 Å². The molecule has 0 spiro atoms. The molecular weight excluding hydrogens is 372 g/mol. The van der Waals surface area contributed by atoms with E-state index in [1.807, 2.05) is 66.7 Å². The highest BCUT2D eigenvalue weighted by atomic mass is 16.7. The van der Waals surface area contributed by atoms with E-state index < -0.39 is 0 Å². The van der Waals surface area contributed by atoms with Crippen LogP contribution in [0.2, 0.25) is 0 Å². The molecule has 6 nitrogen and oxygen atoms in total. The van der Waals surface area contributed by atoms with E-state index in [4.69, 9.17) is 29.2 Å². The molecule has 0 saturated heterocycles. The number of aliphatic hydroxyl groups is 2. The van der Waals surface area contributed by atoms with Crippen molar-refractivity contribution in [3.63, 3.8) is 0 Å². The van der Waals surface area contributed by atoms with Crippen LogP contribution in [0.5, 0.6) is 11.5 Å². The molecule has 6 heteroatoms. The highest BCUT2D eigenvalue weighted by Gasteiger charge is 2.17. The Balaban J connectivity index is 1.82. The topological polar surface area (TPSA) is 77.4 Å². The summed E-state index contributed by atoms with van der Waals surface area (Å²) >= 11 is 0. The van der Waals surface area contributed by atoms with Gasteiger partial charge in [-0.25, -0.2) is 0 Å². The van der Waals surface area contributed by atoms with Gasteiger partial charge in [-0.3, -0.25) is 0 Å². The maximum absolute atomic E-state index is 8.66. The molecule has 0 unspecified atom stereocenters. The van der Waals surface area contributed by atoms with Crippen LogP contribution in [-0.2, 0) is 9.47 Å². The van der Waals surface area contributed by atoms with Gasteiger partial charge in [0.2, 0.25) is 0 Å². The largest absolute Gasteiger partial charge is 0.467 e. The number of hydrogen-bond donors (Lipinski definition) is 2. The lowest BCUT2D eigenvalue weighted by Crippen LogP contribution is -2.06. The summed E-state index contributed by atoms with van der Waals surface area (Å²) in [5.41, 5.74) is 3.40. The molecule has 3 aromatic carbocycles. The highest BCUT2D eigenvalue weighted by Crippen LogP contribution is 2.33. The first kappa shape index (κ1) is 20.8. The van der Waals surface area contributed by atoms with Gasteiger partial charge >= 0.3 is 0 Å². The summed E-state index contributed by atoms with van der Waals surface area (Å²) < 4.78 is 20.5. The Bertz CT molecular complexity index is 780. The lowest BCUT2D eigenvalue weighted by atomic mass is 9.85. The molecule has 3 rings (SSSR count). The van der Waals surface area contributed by atoms with E-state index in [2.05, 4.69) is 12.1 Å². The van der Waals surface area contributed by atoms with Gasteiger partial charge in [-0.05, 0) is 41.0 Å². The number of hydrogen-bond acceptors (Lipinski definition) is 6. The molecule has 0 aliphatic carbocycles. The van der Waals surface area contributed by atoms with Crippen LogP contribution in [0, 0.1) is 0 Å². The zero-order valence-corrected chi connectivity index (χ0v) is 15.9. The van der Waals surface area contributed by atoms with Crippen LogP contribution < -0.4 is 9.47 Å². The molecule has 0 fully saturated rings. The number of ether oxygens (including phenoxy) is 4. The second-order valence-electron chi connectivity index (χ2n) is 6.17. The van der Waals surface area contributed by atoms with Crippen molar-refractivity contribution < 1.29 is 29.2 Å². The van der Waals surface area contributed by atoms with Crippen LogP contribution in [0.4, 0.5) is 0 Å². The Morgan fingerprint density at radius 2 is 0.966 bits per heavy atom. The molecule has 29 heavy (non-hydrogen) atoms. The van der Waals surface area contributed by atoms with E-state index >= 15 is 0 Å². The fraction of sp³-hybridized carbons (Fsp3) is 0.217. The van der Waals surface area contributed by atoms with Gasteiger partial charge in [0, 0.05) is 5.92 Å². The second kappa shape index (κ2) is 11.2. The minimum Gasteiger partial charge on any atom is -0.467 e. The van der Waals surface area contributed by atoms with Gasteiger partial charge in [-0.2, -0.15) is 0 Å².